The van der Waals surface area contributed by atoms with Gasteiger partial charge in [0, 0.05) is 12.7 Å². The zero-order chi connectivity index (χ0) is 10.7. The van der Waals surface area contributed by atoms with Crippen LogP contribution in [-0.2, 0) is 10.5 Å². The van der Waals surface area contributed by atoms with Crippen molar-refractivity contribution in [2.24, 2.45) is 0 Å². The van der Waals surface area contributed by atoms with Crippen molar-refractivity contribution in [2.45, 2.75) is 5.79 Å². The summed E-state index contributed by atoms with van der Waals surface area (Å²) in [4.78, 5) is 0. The number of nitrogens with one attached hydrogen (secondary N) is 1. The van der Waals surface area contributed by atoms with Gasteiger partial charge in [-0.1, -0.05) is 30.3 Å². The Labute approximate surface area is 85.9 Å². The first-order chi connectivity index (χ1) is 7.27. The molecule has 1 heterocycles. The maximum absolute atomic E-state index is 10.2. The molecule has 6 heteroatoms. The molecule has 0 aliphatic heterocycles. The lowest BCUT2D eigenvalue weighted by Crippen LogP contribution is -2.31. The van der Waals surface area contributed by atoms with Crippen LogP contribution in [0.25, 0.3) is 0 Å². The molecule has 0 radical (unpaired) electrons. The molecule has 0 aliphatic rings. The molecule has 0 spiro atoms. The van der Waals surface area contributed by atoms with E-state index in [1.807, 2.05) is 6.07 Å². The number of aliphatic hydroxyl groups is 1. The van der Waals surface area contributed by atoms with Crippen LogP contribution < -0.4 is 0 Å². The standard InChI is InChI=1S/C9H10N4O2/c1-15-9(14,8-10-12-13-11-8)7-5-3-2-4-6-7/h2-6,14H,1H3,(H,10,11,12,13). The molecule has 0 fully saturated rings. The smallest absolute Gasteiger partial charge is 0.259 e. The van der Waals surface area contributed by atoms with Crippen LogP contribution >= 0.6 is 0 Å². The first-order valence-corrected chi connectivity index (χ1v) is 4.34. The van der Waals surface area contributed by atoms with Gasteiger partial charge in [0.25, 0.3) is 5.79 Å². The van der Waals surface area contributed by atoms with Crippen LogP contribution in [0.2, 0.25) is 0 Å². The van der Waals surface area contributed by atoms with Crippen LogP contribution in [0.4, 0.5) is 0 Å². The highest BCUT2D eigenvalue weighted by Crippen LogP contribution is 2.26. The predicted molar refractivity (Wildman–Crippen MR) is 50.6 cm³/mol. The fourth-order valence-corrected chi connectivity index (χ4v) is 1.31. The van der Waals surface area contributed by atoms with Gasteiger partial charge >= 0.3 is 0 Å². The van der Waals surface area contributed by atoms with Crippen LogP contribution in [0.5, 0.6) is 0 Å². The number of hydrogen-bond acceptors (Lipinski definition) is 5. The molecular weight excluding hydrogens is 196 g/mol. The van der Waals surface area contributed by atoms with Crippen LogP contribution in [0.1, 0.15) is 11.4 Å². The third-order valence-corrected chi connectivity index (χ3v) is 2.11. The lowest BCUT2D eigenvalue weighted by atomic mass is 10.1. The van der Waals surface area contributed by atoms with E-state index in [4.69, 9.17) is 4.74 Å². The molecule has 15 heavy (non-hydrogen) atoms. The van der Waals surface area contributed by atoms with Crippen molar-refractivity contribution in [2.75, 3.05) is 7.11 Å². The van der Waals surface area contributed by atoms with Gasteiger partial charge in [-0.15, -0.1) is 10.2 Å². The van der Waals surface area contributed by atoms with Gasteiger partial charge in [-0.25, -0.2) is 0 Å². The van der Waals surface area contributed by atoms with Crippen LogP contribution in [0, 0.1) is 0 Å². The molecule has 0 saturated carbocycles. The second-order valence-corrected chi connectivity index (χ2v) is 2.95. The molecule has 1 aromatic carbocycles. The summed E-state index contributed by atoms with van der Waals surface area (Å²) < 4.78 is 5.04. The maximum atomic E-state index is 10.2. The SMILES string of the molecule is COC(O)(c1ccccc1)c1nn[nH]n1. The molecule has 78 valence electrons. The number of hydrogen-bond donors (Lipinski definition) is 2. The van der Waals surface area contributed by atoms with Crippen molar-refractivity contribution in [1.29, 1.82) is 0 Å². The Kier molecular flexibility index (Phi) is 2.44. The third-order valence-electron chi connectivity index (χ3n) is 2.11. The predicted octanol–water partition coefficient (Wildman–Crippen LogP) is 0.0395. The molecular formula is C9H10N4O2. The Bertz CT molecular complexity index is 417. The lowest BCUT2D eigenvalue weighted by molar-refractivity contribution is -0.165. The van der Waals surface area contributed by atoms with Crippen LogP contribution in [0.3, 0.4) is 0 Å². The summed E-state index contributed by atoms with van der Waals surface area (Å²) in [6, 6.07) is 8.87. The first-order valence-electron chi connectivity index (χ1n) is 4.34. The molecule has 2 aromatic rings. The summed E-state index contributed by atoms with van der Waals surface area (Å²) in [6.45, 7) is 0. The van der Waals surface area contributed by atoms with Gasteiger partial charge in [-0.3, -0.25) is 0 Å². The van der Waals surface area contributed by atoms with Gasteiger partial charge in [0.15, 0.2) is 0 Å². The minimum absolute atomic E-state index is 0.0798. The Balaban J connectivity index is 2.47. The van der Waals surface area contributed by atoms with E-state index in [0.29, 0.717) is 5.56 Å². The Morgan fingerprint density at radius 3 is 2.60 bits per heavy atom. The van der Waals surface area contributed by atoms with E-state index in [2.05, 4.69) is 20.6 Å². The van der Waals surface area contributed by atoms with Gasteiger partial charge in [-0.05, 0) is 5.21 Å². The molecule has 1 atom stereocenters. The first kappa shape index (κ1) is 9.75. The summed E-state index contributed by atoms with van der Waals surface area (Å²) in [5.74, 6) is -1.58. The Hall–Kier alpha value is -1.79. The van der Waals surface area contributed by atoms with E-state index >= 15 is 0 Å². The monoisotopic (exact) mass is 206 g/mol. The number of nitrogens with zero attached hydrogens (tertiary/aromatic N) is 3. The topological polar surface area (TPSA) is 83.9 Å². The molecule has 1 aromatic heterocycles. The molecule has 2 N–H and O–H groups in total. The summed E-state index contributed by atoms with van der Waals surface area (Å²) in [5.41, 5.74) is 0.550. The van der Waals surface area contributed by atoms with E-state index in [-0.39, 0.29) is 5.82 Å². The van der Waals surface area contributed by atoms with Crippen molar-refractivity contribution in [3.8, 4) is 0 Å². The van der Waals surface area contributed by atoms with Crippen molar-refractivity contribution in [3.05, 3.63) is 41.7 Å². The zero-order valence-electron chi connectivity index (χ0n) is 8.08. The quantitative estimate of drug-likeness (QED) is 0.693. The van der Waals surface area contributed by atoms with E-state index in [1.165, 1.54) is 7.11 Å². The molecule has 0 saturated heterocycles. The summed E-state index contributed by atoms with van der Waals surface area (Å²) in [7, 11) is 1.38. The van der Waals surface area contributed by atoms with Crippen molar-refractivity contribution in [3.63, 3.8) is 0 Å². The van der Waals surface area contributed by atoms with E-state index in [9.17, 15) is 5.11 Å². The summed E-state index contributed by atoms with van der Waals surface area (Å²) >= 11 is 0. The van der Waals surface area contributed by atoms with Crippen molar-refractivity contribution < 1.29 is 9.84 Å². The average molecular weight is 206 g/mol. The maximum Gasteiger partial charge on any atom is 0.259 e. The van der Waals surface area contributed by atoms with Gasteiger partial charge < -0.3 is 9.84 Å². The summed E-state index contributed by atoms with van der Waals surface area (Å²) in [6.07, 6.45) is 0. The Morgan fingerprint density at radius 1 is 1.33 bits per heavy atom. The molecule has 0 amide bonds. The fraction of sp³-hybridized carbons (Fsp3) is 0.222. The molecule has 0 bridgehead atoms. The lowest BCUT2D eigenvalue weighted by Gasteiger charge is -2.22. The second kappa shape index (κ2) is 3.76. The number of aromatic nitrogens is 4. The van der Waals surface area contributed by atoms with Crippen LogP contribution in [0.15, 0.2) is 30.3 Å². The van der Waals surface area contributed by atoms with Gasteiger partial charge in [0.2, 0.25) is 5.82 Å². The summed E-state index contributed by atoms with van der Waals surface area (Å²) in [5, 5.41) is 23.3. The number of methoxy groups -OCH3 is 1. The van der Waals surface area contributed by atoms with Crippen molar-refractivity contribution in [1.82, 2.24) is 20.6 Å². The zero-order valence-corrected chi connectivity index (χ0v) is 8.08. The number of ether oxygens (including phenoxy) is 1. The van der Waals surface area contributed by atoms with Crippen molar-refractivity contribution >= 4 is 0 Å². The number of rotatable bonds is 3. The highest BCUT2D eigenvalue weighted by molar-refractivity contribution is 5.25. The molecule has 6 nitrogen and oxygen atoms in total. The minimum atomic E-state index is -1.66. The number of H-pyrrole nitrogens is 1. The van der Waals surface area contributed by atoms with E-state index in [1.54, 1.807) is 24.3 Å². The highest BCUT2D eigenvalue weighted by Gasteiger charge is 2.36. The average Bonchev–Trinajstić information content (AvgIpc) is 2.83. The normalized spacial score (nSPS) is 14.8. The fourth-order valence-electron chi connectivity index (χ4n) is 1.31. The number of tetrazole rings is 1. The Morgan fingerprint density at radius 2 is 2.07 bits per heavy atom. The minimum Gasteiger partial charge on any atom is -0.356 e. The van der Waals surface area contributed by atoms with E-state index in [0.717, 1.165) is 0 Å². The van der Waals surface area contributed by atoms with Gasteiger partial charge in [0.05, 0.1) is 0 Å². The molecule has 1 unspecified atom stereocenters. The van der Waals surface area contributed by atoms with Crippen LogP contribution in [-0.4, -0.2) is 32.8 Å². The molecule has 2 rings (SSSR count). The van der Waals surface area contributed by atoms with E-state index < -0.39 is 5.79 Å². The third kappa shape index (κ3) is 1.60. The number of benzene rings is 1. The van der Waals surface area contributed by atoms with Gasteiger partial charge in [-0.2, -0.15) is 5.21 Å². The highest BCUT2D eigenvalue weighted by atomic mass is 16.6. The number of aromatic amines is 1. The van der Waals surface area contributed by atoms with Gasteiger partial charge in [0.1, 0.15) is 0 Å². The largest absolute Gasteiger partial charge is 0.356 e. The molecule has 0 aliphatic carbocycles. The second-order valence-electron chi connectivity index (χ2n) is 2.95.